The van der Waals surface area contributed by atoms with Gasteiger partial charge in [-0.1, -0.05) is 49.0 Å². The van der Waals surface area contributed by atoms with Crippen molar-refractivity contribution in [2.45, 2.75) is 19.2 Å². The van der Waals surface area contributed by atoms with Gasteiger partial charge in [0.2, 0.25) is 0 Å². The van der Waals surface area contributed by atoms with Gasteiger partial charge >= 0.3 is 12.1 Å². The molecular formula is C25H22F3NO4. The zero-order valence-electron chi connectivity index (χ0n) is 17.8. The number of ether oxygens (including phenoxy) is 1. The van der Waals surface area contributed by atoms with Crippen LogP contribution in [-0.4, -0.2) is 18.2 Å². The van der Waals surface area contributed by atoms with Gasteiger partial charge in [-0.15, -0.1) is 0 Å². The lowest BCUT2D eigenvalue weighted by Crippen LogP contribution is -2.13. The minimum atomic E-state index is -4.39. The molecule has 0 bridgehead atoms. The van der Waals surface area contributed by atoms with Crippen molar-refractivity contribution in [2.75, 3.05) is 7.11 Å². The van der Waals surface area contributed by atoms with Crippen LogP contribution < -0.4 is 10.2 Å². The number of hydrogen-bond donors (Lipinski definition) is 2. The van der Waals surface area contributed by atoms with Crippen molar-refractivity contribution in [3.05, 3.63) is 95.6 Å². The summed E-state index contributed by atoms with van der Waals surface area (Å²) in [7, 11) is 1.52. The molecule has 3 aromatic carbocycles. The van der Waals surface area contributed by atoms with Crippen molar-refractivity contribution in [2.24, 2.45) is 0 Å². The first kappa shape index (κ1) is 23.9. The summed E-state index contributed by atoms with van der Waals surface area (Å²) in [6.45, 7) is 3.98. The summed E-state index contributed by atoms with van der Waals surface area (Å²) < 4.78 is 43.4. The van der Waals surface area contributed by atoms with Crippen molar-refractivity contribution >= 4 is 11.7 Å². The molecule has 172 valence electrons. The molecule has 0 fully saturated rings. The third-order valence-electron chi connectivity index (χ3n) is 4.86. The average Bonchev–Trinajstić information content (AvgIpc) is 2.78. The largest absolute Gasteiger partial charge is 0.496 e. The maximum Gasteiger partial charge on any atom is 0.416 e. The topological polar surface area (TPSA) is 67.8 Å². The summed E-state index contributed by atoms with van der Waals surface area (Å²) in [5.74, 6) is -0.374. The summed E-state index contributed by atoms with van der Waals surface area (Å²) in [4.78, 5) is 16.4. The first-order valence-electron chi connectivity index (χ1n) is 9.89. The molecule has 0 aliphatic rings. The van der Waals surface area contributed by atoms with Crippen LogP contribution in [0.5, 0.6) is 5.75 Å². The van der Waals surface area contributed by atoms with E-state index in [1.165, 1.54) is 19.2 Å². The van der Waals surface area contributed by atoms with Crippen LogP contribution in [0.4, 0.5) is 13.2 Å². The summed E-state index contributed by atoms with van der Waals surface area (Å²) in [6.07, 6.45) is -4.47. The van der Waals surface area contributed by atoms with Crippen LogP contribution >= 0.6 is 0 Å². The molecule has 0 aliphatic carbocycles. The smallest absolute Gasteiger partial charge is 0.416 e. The Bertz CT molecular complexity index is 1140. The highest BCUT2D eigenvalue weighted by Gasteiger charge is 2.29. The molecule has 0 amide bonds. The van der Waals surface area contributed by atoms with Crippen LogP contribution in [0.3, 0.4) is 0 Å². The summed E-state index contributed by atoms with van der Waals surface area (Å²) in [5.41, 5.74) is 5.87. The Balaban J connectivity index is 1.71. The van der Waals surface area contributed by atoms with Crippen LogP contribution in [0.2, 0.25) is 0 Å². The fraction of sp³-hybridized carbons (Fsp3) is 0.160. The highest BCUT2D eigenvalue weighted by Crippen LogP contribution is 2.31. The highest BCUT2D eigenvalue weighted by molar-refractivity contribution is 5.76. The fourth-order valence-electron chi connectivity index (χ4n) is 3.21. The lowest BCUT2D eigenvalue weighted by atomic mass is 9.99. The maximum absolute atomic E-state index is 12.7. The summed E-state index contributed by atoms with van der Waals surface area (Å²) >= 11 is 0. The summed E-state index contributed by atoms with van der Waals surface area (Å²) in [6, 6.07) is 17.3. The molecule has 0 saturated heterocycles. The van der Waals surface area contributed by atoms with E-state index in [0.29, 0.717) is 28.1 Å². The van der Waals surface area contributed by atoms with E-state index < -0.39 is 17.7 Å². The summed E-state index contributed by atoms with van der Waals surface area (Å²) in [5, 5.41) is 9.03. The van der Waals surface area contributed by atoms with Crippen LogP contribution in [0.25, 0.3) is 16.8 Å². The molecule has 0 heterocycles. The first-order valence-corrected chi connectivity index (χ1v) is 9.89. The molecule has 0 aromatic heterocycles. The monoisotopic (exact) mass is 457 g/mol. The molecule has 33 heavy (non-hydrogen) atoms. The number of carbonyl (C=O) groups is 1. The van der Waals surface area contributed by atoms with Crippen LogP contribution in [0.15, 0.2) is 73.3 Å². The molecule has 0 spiro atoms. The predicted molar refractivity (Wildman–Crippen MR) is 118 cm³/mol. The molecule has 0 atom stereocenters. The zero-order chi connectivity index (χ0) is 24.0. The number of aliphatic carboxylic acids is 1. The normalized spacial score (nSPS) is 11.2. The number of hydrogen-bond acceptors (Lipinski definition) is 4. The Kier molecular flexibility index (Phi) is 7.40. The van der Waals surface area contributed by atoms with Gasteiger partial charge in [-0.25, -0.2) is 0 Å². The van der Waals surface area contributed by atoms with Crippen molar-refractivity contribution in [1.29, 1.82) is 0 Å². The second-order valence-electron chi connectivity index (χ2n) is 7.25. The number of carboxylic acid groups (broad SMARTS) is 1. The van der Waals surface area contributed by atoms with Crippen molar-refractivity contribution in [1.82, 2.24) is 5.48 Å². The SMILES string of the molecule is C=C(NOCc1ccc(C(F)(F)F)cc1)c1cc(-c2cccc(CC(=O)O)c2)ccc1OC. The Labute approximate surface area is 189 Å². The highest BCUT2D eigenvalue weighted by atomic mass is 19.4. The quantitative estimate of drug-likeness (QED) is 0.404. The van der Waals surface area contributed by atoms with E-state index in [2.05, 4.69) is 12.1 Å². The van der Waals surface area contributed by atoms with E-state index in [1.54, 1.807) is 24.3 Å². The molecule has 0 aliphatic heterocycles. The minimum absolute atomic E-state index is 0.0242. The van der Waals surface area contributed by atoms with Crippen molar-refractivity contribution in [3.63, 3.8) is 0 Å². The van der Waals surface area contributed by atoms with Gasteiger partial charge in [0.1, 0.15) is 5.75 Å². The number of rotatable bonds is 9. The first-order chi connectivity index (χ1) is 15.7. The third kappa shape index (κ3) is 6.36. The van der Waals surface area contributed by atoms with Crippen molar-refractivity contribution < 1.29 is 32.6 Å². The number of methoxy groups -OCH3 is 1. The van der Waals surface area contributed by atoms with E-state index >= 15 is 0 Å². The number of nitrogens with one attached hydrogen (secondary N) is 1. The van der Waals surface area contributed by atoms with Gasteiger partial charge in [-0.2, -0.15) is 13.2 Å². The standard InChI is InChI=1S/C25H22F3NO4/c1-16(29-33-15-17-6-9-21(10-7-17)25(26,27)28)22-14-20(8-11-23(22)32-2)19-5-3-4-18(12-19)13-24(30)31/h3-12,14,29H,1,13,15H2,2H3,(H,30,31). The Morgan fingerprint density at radius 3 is 2.33 bits per heavy atom. The van der Waals surface area contributed by atoms with Gasteiger partial charge in [0, 0.05) is 5.56 Å². The number of hydroxylamine groups is 1. The number of carboxylic acids is 1. The molecule has 5 nitrogen and oxygen atoms in total. The second-order valence-corrected chi connectivity index (χ2v) is 7.25. The molecule has 2 N–H and O–H groups in total. The van der Waals surface area contributed by atoms with E-state index in [4.69, 9.17) is 14.7 Å². The zero-order valence-corrected chi connectivity index (χ0v) is 17.8. The average molecular weight is 457 g/mol. The minimum Gasteiger partial charge on any atom is -0.496 e. The van der Waals surface area contributed by atoms with Crippen LogP contribution in [0, 0.1) is 0 Å². The number of halogens is 3. The van der Waals surface area contributed by atoms with E-state index in [0.717, 1.165) is 23.3 Å². The lowest BCUT2D eigenvalue weighted by Gasteiger charge is -2.15. The Hall–Kier alpha value is -3.78. The second kappa shape index (κ2) is 10.2. The van der Waals surface area contributed by atoms with Crippen LogP contribution in [-0.2, 0) is 28.8 Å². The van der Waals surface area contributed by atoms with Gasteiger partial charge in [0.25, 0.3) is 0 Å². The third-order valence-corrected chi connectivity index (χ3v) is 4.86. The maximum atomic E-state index is 12.7. The number of alkyl halides is 3. The van der Waals surface area contributed by atoms with E-state index in [1.807, 2.05) is 18.2 Å². The lowest BCUT2D eigenvalue weighted by molar-refractivity contribution is -0.138. The Morgan fingerprint density at radius 1 is 1.00 bits per heavy atom. The van der Waals surface area contributed by atoms with Gasteiger partial charge in [-0.05, 0) is 46.5 Å². The number of benzene rings is 3. The molecule has 0 radical (unpaired) electrons. The molecule has 8 heteroatoms. The van der Waals surface area contributed by atoms with E-state index in [9.17, 15) is 18.0 Å². The molecule has 3 rings (SSSR count). The molecule has 3 aromatic rings. The fourth-order valence-corrected chi connectivity index (χ4v) is 3.21. The molecule has 0 saturated carbocycles. The van der Waals surface area contributed by atoms with Gasteiger partial charge in [0.15, 0.2) is 0 Å². The van der Waals surface area contributed by atoms with E-state index in [-0.39, 0.29) is 13.0 Å². The van der Waals surface area contributed by atoms with Gasteiger partial charge in [-0.3, -0.25) is 15.1 Å². The predicted octanol–water partition coefficient (Wildman–Crippen LogP) is 5.70. The van der Waals surface area contributed by atoms with Gasteiger partial charge < -0.3 is 9.84 Å². The molecular weight excluding hydrogens is 435 g/mol. The molecule has 0 unspecified atom stereocenters. The van der Waals surface area contributed by atoms with Gasteiger partial charge in [0.05, 0.1) is 31.4 Å². The van der Waals surface area contributed by atoms with Crippen molar-refractivity contribution in [3.8, 4) is 16.9 Å². The van der Waals surface area contributed by atoms with Crippen LogP contribution in [0.1, 0.15) is 22.3 Å². The Morgan fingerprint density at radius 2 is 1.70 bits per heavy atom.